The normalized spacial score (nSPS) is 12.9. The molecule has 1 aromatic rings. The molecule has 0 unspecified atom stereocenters. The second-order valence-electron chi connectivity index (χ2n) is 5.97. The van der Waals surface area contributed by atoms with E-state index in [9.17, 15) is 13.2 Å². The average molecular weight is 355 g/mol. The Bertz CT molecular complexity index is 470. The van der Waals surface area contributed by atoms with Gasteiger partial charge >= 0.3 is 0 Å². The van der Waals surface area contributed by atoms with Gasteiger partial charge in [-0.15, -0.1) is 0 Å². The molecule has 0 amide bonds. The van der Waals surface area contributed by atoms with Crippen LogP contribution in [0, 0.1) is 5.82 Å². The van der Waals surface area contributed by atoms with Crippen molar-refractivity contribution in [3.05, 3.63) is 28.0 Å². The highest BCUT2D eigenvalue weighted by Gasteiger charge is 2.39. The summed E-state index contributed by atoms with van der Waals surface area (Å²) in [7, 11) is -2.13. The minimum Gasteiger partial charge on any atom is -0.543 e. The van der Waals surface area contributed by atoms with Gasteiger partial charge in [0, 0.05) is 0 Å². The number of halogens is 4. The molecule has 0 aliphatic rings. The second kappa shape index (κ2) is 5.48. The van der Waals surface area contributed by atoms with Gasteiger partial charge in [-0.05, 0) is 46.2 Å². The third-order valence-electron chi connectivity index (χ3n) is 3.44. The summed E-state index contributed by atoms with van der Waals surface area (Å²) in [6.07, 6.45) is -2.86. The van der Waals surface area contributed by atoms with Gasteiger partial charge in [0.15, 0.2) is 0 Å². The van der Waals surface area contributed by atoms with Crippen LogP contribution in [-0.2, 0) is 0 Å². The third kappa shape index (κ3) is 3.75. The summed E-state index contributed by atoms with van der Waals surface area (Å²) in [5.74, 6) is -0.646. The van der Waals surface area contributed by atoms with Gasteiger partial charge in [0.25, 0.3) is 6.43 Å². The first-order chi connectivity index (χ1) is 8.45. The van der Waals surface area contributed by atoms with E-state index in [4.69, 9.17) is 4.43 Å². The van der Waals surface area contributed by atoms with E-state index < -0.39 is 26.1 Å². The average Bonchev–Trinajstić information content (AvgIpc) is 2.20. The molecule has 108 valence electrons. The molecule has 1 nitrogen and oxygen atoms in total. The highest BCUT2D eigenvalue weighted by atomic mass is 79.9. The van der Waals surface area contributed by atoms with Crippen molar-refractivity contribution in [3.63, 3.8) is 0 Å². The van der Waals surface area contributed by atoms with E-state index in [0.29, 0.717) is 0 Å². The van der Waals surface area contributed by atoms with Crippen LogP contribution in [0.15, 0.2) is 16.6 Å². The lowest BCUT2D eigenvalue weighted by molar-refractivity contribution is 0.146. The Balaban J connectivity index is 3.17. The fourth-order valence-electron chi connectivity index (χ4n) is 1.25. The molecule has 0 saturated carbocycles. The SMILES string of the molecule is CC(C)(C)[Si](C)(C)Oc1cc(Br)c(F)c(C(F)F)c1. The summed E-state index contributed by atoms with van der Waals surface area (Å²) < 4.78 is 44.9. The monoisotopic (exact) mass is 354 g/mol. The molecule has 19 heavy (non-hydrogen) atoms. The van der Waals surface area contributed by atoms with Crippen molar-refractivity contribution < 1.29 is 17.6 Å². The van der Waals surface area contributed by atoms with E-state index in [1.54, 1.807) is 0 Å². The zero-order valence-corrected chi connectivity index (χ0v) is 14.2. The summed E-state index contributed by atoms with van der Waals surface area (Å²) in [5.41, 5.74) is -0.636. The van der Waals surface area contributed by atoms with Crippen LogP contribution in [0.2, 0.25) is 18.1 Å². The van der Waals surface area contributed by atoms with E-state index in [-0.39, 0.29) is 15.3 Å². The lowest BCUT2D eigenvalue weighted by Crippen LogP contribution is -2.43. The largest absolute Gasteiger partial charge is 0.543 e. The van der Waals surface area contributed by atoms with Gasteiger partial charge in [-0.3, -0.25) is 0 Å². The Morgan fingerprint density at radius 2 is 1.74 bits per heavy atom. The molecule has 0 spiro atoms. The van der Waals surface area contributed by atoms with Gasteiger partial charge in [0.2, 0.25) is 8.32 Å². The first kappa shape index (κ1) is 16.6. The molecule has 1 aromatic carbocycles. The van der Waals surface area contributed by atoms with Crippen LogP contribution in [0.1, 0.15) is 32.8 Å². The highest BCUT2D eigenvalue weighted by Crippen LogP contribution is 2.39. The fourth-order valence-corrected chi connectivity index (χ4v) is 2.72. The minimum atomic E-state index is -2.86. The van der Waals surface area contributed by atoms with Crippen molar-refractivity contribution in [2.75, 3.05) is 0 Å². The molecule has 0 aliphatic heterocycles. The zero-order chi connectivity index (χ0) is 15.0. The minimum absolute atomic E-state index is 0.000917. The second-order valence-corrected chi connectivity index (χ2v) is 11.6. The van der Waals surface area contributed by atoms with E-state index in [1.807, 2.05) is 33.9 Å². The smallest absolute Gasteiger partial charge is 0.266 e. The molecule has 0 atom stereocenters. The summed E-state index contributed by atoms with van der Waals surface area (Å²) in [6.45, 7) is 10.2. The lowest BCUT2D eigenvalue weighted by Gasteiger charge is -2.36. The Kier molecular flexibility index (Phi) is 4.78. The molecule has 0 aliphatic carbocycles. The molecule has 0 radical (unpaired) electrons. The summed E-state index contributed by atoms with van der Waals surface area (Å²) >= 11 is 2.95. The van der Waals surface area contributed by atoms with Gasteiger partial charge in [-0.25, -0.2) is 13.2 Å². The first-order valence-electron chi connectivity index (χ1n) is 5.92. The Labute approximate surface area is 121 Å². The van der Waals surface area contributed by atoms with Crippen molar-refractivity contribution in [1.29, 1.82) is 0 Å². The van der Waals surface area contributed by atoms with Crippen molar-refractivity contribution in [3.8, 4) is 5.75 Å². The van der Waals surface area contributed by atoms with E-state index in [0.717, 1.165) is 6.07 Å². The molecule has 0 bridgehead atoms. The van der Waals surface area contributed by atoms with Crippen LogP contribution >= 0.6 is 15.9 Å². The number of hydrogen-bond acceptors (Lipinski definition) is 1. The molecule has 1 rings (SSSR count). The van der Waals surface area contributed by atoms with Crippen LogP contribution < -0.4 is 4.43 Å². The van der Waals surface area contributed by atoms with Crippen LogP contribution in [-0.4, -0.2) is 8.32 Å². The zero-order valence-electron chi connectivity index (χ0n) is 11.7. The molecule has 0 aromatic heterocycles. The van der Waals surface area contributed by atoms with Crippen LogP contribution in [0.5, 0.6) is 5.75 Å². The topological polar surface area (TPSA) is 9.23 Å². The number of rotatable bonds is 3. The predicted octanol–water partition coefficient (Wildman–Crippen LogP) is 5.91. The Hall–Kier alpha value is -0.493. The number of benzene rings is 1. The van der Waals surface area contributed by atoms with Crippen molar-refractivity contribution >= 4 is 24.2 Å². The maximum atomic E-state index is 13.5. The molecular formula is C13H18BrF3OSi. The quantitative estimate of drug-likeness (QED) is 0.613. The van der Waals surface area contributed by atoms with Crippen molar-refractivity contribution in [1.82, 2.24) is 0 Å². The maximum absolute atomic E-state index is 13.5. The summed E-state index contributed by atoms with van der Waals surface area (Å²) in [6, 6.07) is 2.49. The van der Waals surface area contributed by atoms with Crippen molar-refractivity contribution in [2.45, 2.75) is 45.3 Å². The summed E-state index contributed by atoms with van der Waals surface area (Å²) in [4.78, 5) is 0. The highest BCUT2D eigenvalue weighted by molar-refractivity contribution is 9.10. The molecule has 0 N–H and O–H groups in total. The van der Waals surface area contributed by atoms with Gasteiger partial charge in [0.05, 0.1) is 10.0 Å². The number of alkyl halides is 2. The Morgan fingerprint density at radius 3 is 2.16 bits per heavy atom. The maximum Gasteiger partial charge on any atom is 0.266 e. The predicted molar refractivity (Wildman–Crippen MR) is 76.9 cm³/mol. The third-order valence-corrected chi connectivity index (χ3v) is 8.38. The molecular weight excluding hydrogens is 337 g/mol. The first-order valence-corrected chi connectivity index (χ1v) is 9.62. The van der Waals surface area contributed by atoms with Gasteiger partial charge in [-0.1, -0.05) is 20.8 Å². The fraction of sp³-hybridized carbons (Fsp3) is 0.538. The van der Waals surface area contributed by atoms with Gasteiger partial charge < -0.3 is 4.43 Å². The van der Waals surface area contributed by atoms with E-state index in [2.05, 4.69) is 15.9 Å². The van der Waals surface area contributed by atoms with Gasteiger partial charge in [-0.2, -0.15) is 0 Å². The molecule has 0 heterocycles. The van der Waals surface area contributed by atoms with Crippen molar-refractivity contribution in [2.24, 2.45) is 0 Å². The molecule has 0 saturated heterocycles. The van der Waals surface area contributed by atoms with E-state index >= 15 is 0 Å². The molecule has 6 heteroatoms. The Morgan fingerprint density at radius 1 is 1.21 bits per heavy atom. The molecule has 0 fully saturated rings. The standard InChI is InChI=1S/C13H18BrF3OSi/c1-13(2,3)19(4,5)18-8-6-9(12(16)17)11(15)10(14)7-8/h6-7,12H,1-5H3. The van der Waals surface area contributed by atoms with Crippen LogP contribution in [0.3, 0.4) is 0 Å². The van der Waals surface area contributed by atoms with E-state index in [1.165, 1.54) is 6.07 Å². The van der Waals surface area contributed by atoms with Crippen LogP contribution in [0.25, 0.3) is 0 Å². The van der Waals surface area contributed by atoms with Gasteiger partial charge in [0.1, 0.15) is 11.6 Å². The lowest BCUT2D eigenvalue weighted by atomic mass is 10.2. The number of hydrogen-bond donors (Lipinski definition) is 0. The van der Waals surface area contributed by atoms with Crippen LogP contribution in [0.4, 0.5) is 13.2 Å². The summed E-state index contributed by atoms with van der Waals surface area (Å²) in [5, 5.41) is -0.0567.